The van der Waals surface area contributed by atoms with Crippen LogP contribution in [0.2, 0.25) is 0 Å². The first-order valence-corrected chi connectivity index (χ1v) is 11.1. The highest BCUT2D eigenvalue weighted by Gasteiger charge is 2.45. The fourth-order valence-corrected chi connectivity index (χ4v) is 5.88. The van der Waals surface area contributed by atoms with E-state index in [9.17, 15) is 13.5 Å². The van der Waals surface area contributed by atoms with E-state index in [-0.39, 0.29) is 28.9 Å². The number of rotatable bonds is 6. The third-order valence-electron chi connectivity index (χ3n) is 6.04. The number of aromatic nitrogens is 1. The zero-order valence-corrected chi connectivity index (χ0v) is 17.3. The van der Waals surface area contributed by atoms with Crippen LogP contribution < -0.4 is 4.18 Å². The standard InChI is InChI=1S/C21H29NO4S/c1-14-8-9-16-6-5-7-19(20(16)22-14)26-27(24,25)13-18-11-10-17(12-15(2)23)21(18,3)4/h5-9,15,17-18,23H,10-13H2,1-4H3. The van der Waals surface area contributed by atoms with Gasteiger partial charge >= 0.3 is 10.1 Å². The molecule has 0 bridgehead atoms. The smallest absolute Gasteiger partial charge is 0.309 e. The maximum atomic E-state index is 12.8. The van der Waals surface area contributed by atoms with Gasteiger partial charge in [-0.2, -0.15) is 8.42 Å². The number of hydrogen-bond acceptors (Lipinski definition) is 5. The van der Waals surface area contributed by atoms with Crippen molar-refractivity contribution >= 4 is 21.0 Å². The summed E-state index contributed by atoms with van der Waals surface area (Å²) in [5.41, 5.74) is 1.23. The van der Waals surface area contributed by atoms with Crippen LogP contribution in [0.5, 0.6) is 5.75 Å². The van der Waals surface area contributed by atoms with E-state index in [1.54, 1.807) is 19.1 Å². The first-order valence-electron chi connectivity index (χ1n) is 9.55. The molecule has 0 saturated heterocycles. The number of pyridine rings is 1. The zero-order chi connectivity index (χ0) is 19.8. The molecule has 3 rings (SSSR count). The topological polar surface area (TPSA) is 76.5 Å². The van der Waals surface area contributed by atoms with E-state index >= 15 is 0 Å². The van der Waals surface area contributed by atoms with Gasteiger partial charge in [-0.15, -0.1) is 0 Å². The molecule has 0 spiro atoms. The highest BCUT2D eigenvalue weighted by atomic mass is 32.2. The summed E-state index contributed by atoms with van der Waals surface area (Å²) in [5, 5.41) is 10.6. The fraction of sp³-hybridized carbons (Fsp3) is 0.571. The highest BCUT2D eigenvalue weighted by Crippen LogP contribution is 2.50. The van der Waals surface area contributed by atoms with Gasteiger partial charge in [0.1, 0.15) is 5.52 Å². The molecule has 0 aliphatic heterocycles. The van der Waals surface area contributed by atoms with Crippen LogP contribution in [0.3, 0.4) is 0 Å². The van der Waals surface area contributed by atoms with Gasteiger partial charge in [-0.3, -0.25) is 0 Å². The zero-order valence-electron chi connectivity index (χ0n) is 16.5. The van der Waals surface area contributed by atoms with Crippen LogP contribution in [0, 0.1) is 24.2 Å². The number of benzene rings is 1. The van der Waals surface area contributed by atoms with Crippen molar-refractivity contribution in [3.8, 4) is 5.75 Å². The fourth-order valence-electron chi connectivity index (χ4n) is 4.31. The maximum Gasteiger partial charge on any atom is 0.309 e. The average Bonchev–Trinajstić information content (AvgIpc) is 2.82. The molecule has 1 saturated carbocycles. The summed E-state index contributed by atoms with van der Waals surface area (Å²) < 4.78 is 31.1. The van der Waals surface area contributed by atoms with Gasteiger partial charge in [-0.1, -0.05) is 32.0 Å². The number of fused-ring (bicyclic) bond motifs is 1. The SMILES string of the molecule is Cc1ccc2cccc(OS(=O)(=O)CC3CCC(CC(C)O)C3(C)C)c2n1. The molecule has 148 valence electrons. The lowest BCUT2D eigenvalue weighted by atomic mass is 9.74. The first kappa shape index (κ1) is 20.1. The minimum atomic E-state index is -3.75. The second kappa shape index (κ2) is 7.40. The molecule has 1 aliphatic carbocycles. The van der Waals surface area contributed by atoms with Crippen molar-refractivity contribution in [2.45, 2.75) is 53.1 Å². The van der Waals surface area contributed by atoms with Crippen molar-refractivity contribution in [1.82, 2.24) is 4.98 Å². The van der Waals surface area contributed by atoms with Crippen molar-refractivity contribution in [2.24, 2.45) is 17.3 Å². The molecule has 1 heterocycles. The molecule has 1 aromatic heterocycles. The van der Waals surface area contributed by atoms with Crippen LogP contribution in [0.15, 0.2) is 30.3 Å². The lowest BCUT2D eigenvalue weighted by Crippen LogP contribution is -2.32. The largest absolute Gasteiger partial charge is 0.393 e. The third-order valence-corrected chi connectivity index (χ3v) is 7.28. The molecule has 27 heavy (non-hydrogen) atoms. The molecule has 1 aromatic carbocycles. The molecule has 1 fully saturated rings. The maximum absolute atomic E-state index is 12.8. The van der Waals surface area contributed by atoms with Crippen LogP contribution in [0.4, 0.5) is 0 Å². The summed E-state index contributed by atoms with van der Waals surface area (Å²) in [4.78, 5) is 4.45. The summed E-state index contributed by atoms with van der Waals surface area (Å²) in [7, 11) is -3.75. The molecule has 5 nitrogen and oxygen atoms in total. The Kier molecular flexibility index (Phi) is 5.50. The van der Waals surface area contributed by atoms with E-state index in [0.717, 1.165) is 23.9 Å². The predicted molar refractivity (Wildman–Crippen MR) is 107 cm³/mol. The number of para-hydroxylation sites is 1. The van der Waals surface area contributed by atoms with Crippen molar-refractivity contribution in [1.29, 1.82) is 0 Å². The molecule has 2 aromatic rings. The number of aryl methyl sites for hydroxylation is 1. The van der Waals surface area contributed by atoms with Crippen LogP contribution in [0.25, 0.3) is 10.9 Å². The number of aliphatic hydroxyl groups excluding tert-OH is 1. The van der Waals surface area contributed by atoms with Crippen LogP contribution in [0.1, 0.15) is 45.7 Å². The van der Waals surface area contributed by atoms with Gasteiger partial charge in [0.05, 0.1) is 11.9 Å². The molecule has 1 aliphatic rings. The van der Waals surface area contributed by atoms with Crippen molar-refractivity contribution in [3.05, 3.63) is 36.0 Å². The first-order chi connectivity index (χ1) is 12.6. The van der Waals surface area contributed by atoms with E-state index < -0.39 is 10.1 Å². The average molecular weight is 392 g/mol. The minimum Gasteiger partial charge on any atom is -0.393 e. The second-order valence-electron chi connectivity index (χ2n) is 8.47. The van der Waals surface area contributed by atoms with Gasteiger partial charge in [0.15, 0.2) is 5.75 Å². The van der Waals surface area contributed by atoms with E-state index in [2.05, 4.69) is 18.8 Å². The van der Waals surface area contributed by atoms with Gasteiger partial charge in [0, 0.05) is 11.1 Å². The summed E-state index contributed by atoms with van der Waals surface area (Å²) in [6.45, 7) is 7.87. The Morgan fingerprint density at radius 2 is 1.93 bits per heavy atom. The summed E-state index contributed by atoms with van der Waals surface area (Å²) in [6, 6.07) is 9.13. The lowest BCUT2D eigenvalue weighted by Gasteiger charge is -2.33. The monoisotopic (exact) mass is 391 g/mol. The Hall–Kier alpha value is -1.66. The molecule has 3 atom stereocenters. The highest BCUT2D eigenvalue weighted by molar-refractivity contribution is 7.87. The number of hydrogen-bond donors (Lipinski definition) is 1. The van der Waals surface area contributed by atoms with Gasteiger partial charge in [0.2, 0.25) is 0 Å². The van der Waals surface area contributed by atoms with Gasteiger partial charge in [0.25, 0.3) is 0 Å². The van der Waals surface area contributed by atoms with E-state index in [1.165, 1.54) is 0 Å². The molecule has 0 radical (unpaired) electrons. The van der Waals surface area contributed by atoms with Gasteiger partial charge < -0.3 is 9.29 Å². The Morgan fingerprint density at radius 1 is 1.22 bits per heavy atom. The Bertz CT molecular complexity index is 921. The molecule has 3 unspecified atom stereocenters. The van der Waals surface area contributed by atoms with Crippen molar-refractivity contribution < 1.29 is 17.7 Å². The molecule has 1 N–H and O–H groups in total. The normalized spacial score (nSPS) is 23.4. The molecular weight excluding hydrogens is 362 g/mol. The quantitative estimate of drug-likeness (QED) is 0.751. The van der Waals surface area contributed by atoms with Crippen molar-refractivity contribution in [2.75, 3.05) is 5.75 Å². The van der Waals surface area contributed by atoms with Crippen LogP contribution in [-0.4, -0.2) is 30.4 Å². The summed E-state index contributed by atoms with van der Waals surface area (Å²) in [5.74, 6) is 0.599. The van der Waals surface area contributed by atoms with Crippen LogP contribution in [-0.2, 0) is 10.1 Å². The Morgan fingerprint density at radius 3 is 2.63 bits per heavy atom. The Balaban J connectivity index is 1.80. The lowest BCUT2D eigenvalue weighted by molar-refractivity contribution is 0.109. The summed E-state index contributed by atoms with van der Waals surface area (Å²) >= 11 is 0. The number of nitrogens with zero attached hydrogens (tertiary/aromatic N) is 1. The van der Waals surface area contributed by atoms with E-state index in [4.69, 9.17) is 4.18 Å². The summed E-state index contributed by atoms with van der Waals surface area (Å²) in [6.07, 6.45) is 2.11. The van der Waals surface area contributed by atoms with Crippen molar-refractivity contribution in [3.63, 3.8) is 0 Å². The molecular formula is C21H29NO4S. The number of aliphatic hydroxyl groups is 1. The minimum absolute atomic E-state index is 0.0101. The Labute approximate surface area is 161 Å². The van der Waals surface area contributed by atoms with E-state index in [1.807, 2.05) is 25.1 Å². The predicted octanol–water partition coefficient (Wildman–Crippen LogP) is 4.08. The van der Waals surface area contributed by atoms with Gasteiger partial charge in [-0.25, -0.2) is 4.98 Å². The van der Waals surface area contributed by atoms with E-state index in [0.29, 0.717) is 17.9 Å². The van der Waals surface area contributed by atoms with Gasteiger partial charge in [-0.05, 0) is 62.5 Å². The van der Waals surface area contributed by atoms with Crippen LogP contribution >= 0.6 is 0 Å². The second-order valence-corrected chi connectivity index (χ2v) is 10.1. The molecule has 6 heteroatoms. The molecule has 0 amide bonds. The third kappa shape index (κ3) is 4.43.